The maximum atomic E-state index is 10.1. The maximum absolute atomic E-state index is 10.1. The molecule has 0 unspecified atom stereocenters. The molecule has 5 nitrogen and oxygen atoms in total. The highest BCUT2D eigenvalue weighted by molar-refractivity contribution is 6.17. The summed E-state index contributed by atoms with van der Waals surface area (Å²) >= 11 is 0. The summed E-state index contributed by atoms with van der Waals surface area (Å²) in [6.45, 7) is 7.69. The molecule has 0 saturated carbocycles. The molecule has 10 aromatic carbocycles. The van der Waals surface area contributed by atoms with Crippen LogP contribution in [-0.4, -0.2) is 13.7 Å². The van der Waals surface area contributed by atoms with Crippen LogP contribution in [0.3, 0.4) is 0 Å². The second-order valence-electron chi connectivity index (χ2n) is 17.0. The van der Waals surface area contributed by atoms with Gasteiger partial charge < -0.3 is 13.7 Å². The van der Waals surface area contributed by atoms with Gasteiger partial charge in [-0.3, -0.25) is 0 Å². The van der Waals surface area contributed by atoms with Gasteiger partial charge in [-0.25, -0.2) is 4.85 Å². The average molecular weight is 852 g/mol. The van der Waals surface area contributed by atoms with Gasteiger partial charge in [-0.15, -0.1) is 0 Å². The summed E-state index contributed by atoms with van der Waals surface area (Å²) < 4.78 is 7.29. The molecule has 0 saturated heterocycles. The Morgan fingerprint density at radius 2 is 0.791 bits per heavy atom. The average Bonchev–Trinajstić information content (AvgIpc) is 4.04. The molecule has 0 atom stereocenters. The van der Waals surface area contributed by atoms with E-state index < -0.39 is 0 Å². The Labute approximate surface area is 386 Å². The van der Waals surface area contributed by atoms with Crippen molar-refractivity contribution < 1.29 is 0 Å². The molecule has 0 radical (unpaired) electrons. The monoisotopic (exact) mass is 851 g/mol. The third kappa shape index (κ3) is 5.73. The molecule has 0 aliphatic carbocycles. The maximum Gasteiger partial charge on any atom is 0.187 e. The van der Waals surface area contributed by atoms with Gasteiger partial charge in [0.05, 0.1) is 68.4 Å². The SMILES string of the molecule is [C-]#[N+]c1ccc(C#N)c(-c2ccc(-c3c(-c4ccccc4-n4c5ccccc5c5c(-n6c7ccccc7c7ccccc76)cccc54)cccc3-n3c4ccccc4c4ccccc43)cc2)c1. The summed E-state index contributed by atoms with van der Waals surface area (Å²) in [5.41, 5.74) is 17.0. The van der Waals surface area contributed by atoms with E-state index in [1.165, 1.54) is 43.4 Å². The van der Waals surface area contributed by atoms with Crippen LogP contribution in [0.15, 0.2) is 224 Å². The Kier molecular flexibility index (Phi) is 8.58. The van der Waals surface area contributed by atoms with E-state index in [0.717, 1.165) is 72.5 Å². The van der Waals surface area contributed by atoms with Gasteiger partial charge in [0.1, 0.15) is 0 Å². The van der Waals surface area contributed by atoms with Crippen LogP contribution < -0.4 is 0 Å². The molecular formula is C62H37N5. The van der Waals surface area contributed by atoms with Gasteiger partial charge in [0.2, 0.25) is 0 Å². The Hall–Kier alpha value is -9.42. The van der Waals surface area contributed by atoms with E-state index in [1.807, 2.05) is 6.07 Å². The van der Waals surface area contributed by atoms with E-state index in [0.29, 0.717) is 11.3 Å². The van der Waals surface area contributed by atoms with Crippen molar-refractivity contribution in [1.29, 1.82) is 5.26 Å². The number of aromatic nitrogens is 3. The molecule has 0 aliphatic rings. The first-order chi connectivity index (χ1) is 33.2. The number of rotatable bonds is 6. The second kappa shape index (κ2) is 15.1. The topological polar surface area (TPSA) is 42.9 Å². The van der Waals surface area contributed by atoms with Crippen LogP contribution in [0.5, 0.6) is 0 Å². The van der Waals surface area contributed by atoms with E-state index in [-0.39, 0.29) is 0 Å². The van der Waals surface area contributed by atoms with Gasteiger partial charge in [-0.2, -0.15) is 5.26 Å². The predicted octanol–water partition coefficient (Wildman–Crippen LogP) is 16.4. The lowest BCUT2D eigenvalue weighted by Gasteiger charge is -2.21. The van der Waals surface area contributed by atoms with Crippen LogP contribution >= 0.6 is 0 Å². The Morgan fingerprint density at radius 3 is 1.39 bits per heavy atom. The number of hydrogen-bond donors (Lipinski definition) is 0. The molecule has 0 spiro atoms. The summed E-state index contributed by atoms with van der Waals surface area (Å²) in [5, 5.41) is 17.3. The minimum Gasteiger partial charge on any atom is -0.309 e. The van der Waals surface area contributed by atoms with E-state index in [4.69, 9.17) is 6.57 Å². The molecule has 5 heteroatoms. The zero-order valence-electron chi connectivity index (χ0n) is 36.1. The molecule has 0 bridgehead atoms. The van der Waals surface area contributed by atoms with Crippen LogP contribution in [0, 0.1) is 17.9 Å². The fraction of sp³-hybridized carbons (Fsp3) is 0. The number of fused-ring (bicyclic) bond motifs is 9. The Balaban J connectivity index is 1.09. The number of para-hydroxylation sites is 6. The van der Waals surface area contributed by atoms with Crippen LogP contribution in [-0.2, 0) is 0 Å². The molecule has 0 amide bonds. The molecule has 0 aliphatic heterocycles. The van der Waals surface area contributed by atoms with Gasteiger partial charge in [-0.05, 0) is 82.9 Å². The van der Waals surface area contributed by atoms with Crippen LogP contribution in [0.2, 0.25) is 0 Å². The zero-order chi connectivity index (χ0) is 44.6. The number of nitriles is 1. The van der Waals surface area contributed by atoms with Gasteiger partial charge in [0.15, 0.2) is 5.69 Å². The largest absolute Gasteiger partial charge is 0.309 e. The highest BCUT2D eigenvalue weighted by Gasteiger charge is 2.24. The lowest BCUT2D eigenvalue weighted by atomic mass is 9.90. The standard InChI is InChI=1S/C62H37N5/c1-64-43-37-36-42(39-63)51(38-43)40-32-34-41(35-33-40)61-49(22-14-29-58(61)65-52-23-8-2-16-44(52)45-17-3-9-24-53(45)65)48-20-6-12-27-56(48)67-57-28-13-7-21-50(57)62-59(30-15-31-60(62)67)66-54-25-10-4-18-46(54)47-19-5-11-26-55(47)66/h2-38H. The van der Waals surface area contributed by atoms with E-state index in [1.54, 1.807) is 12.1 Å². The summed E-state index contributed by atoms with van der Waals surface area (Å²) in [7, 11) is 0. The van der Waals surface area contributed by atoms with Crippen molar-refractivity contribution >= 4 is 71.1 Å². The lowest BCUT2D eigenvalue weighted by Crippen LogP contribution is -2.02. The number of hydrogen-bond acceptors (Lipinski definition) is 1. The molecule has 310 valence electrons. The molecule has 3 aromatic heterocycles. The van der Waals surface area contributed by atoms with Gasteiger partial charge in [-0.1, -0.05) is 164 Å². The predicted molar refractivity (Wildman–Crippen MR) is 277 cm³/mol. The highest BCUT2D eigenvalue weighted by atomic mass is 15.0. The molecule has 3 heterocycles. The Bertz CT molecular complexity index is 4130. The zero-order valence-corrected chi connectivity index (χ0v) is 36.1. The van der Waals surface area contributed by atoms with Crippen LogP contribution in [0.25, 0.3) is 121 Å². The number of nitrogens with zero attached hydrogens (tertiary/aromatic N) is 5. The molecule has 13 rings (SSSR count). The first-order valence-electron chi connectivity index (χ1n) is 22.4. The third-order valence-corrected chi connectivity index (χ3v) is 13.5. The van der Waals surface area contributed by atoms with E-state index >= 15 is 0 Å². The summed E-state index contributed by atoms with van der Waals surface area (Å²) in [6.07, 6.45) is 0. The fourth-order valence-electron chi connectivity index (χ4n) is 10.7. The summed E-state index contributed by atoms with van der Waals surface area (Å²) in [5.74, 6) is 0. The smallest absolute Gasteiger partial charge is 0.187 e. The first-order valence-corrected chi connectivity index (χ1v) is 22.4. The molecular weight excluding hydrogens is 815 g/mol. The number of benzene rings is 10. The van der Waals surface area contributed by atoms with Gasteiger partial charge in [0, 0.05) is 43.4 Å². The fourth-order valence-corrected chi connectivity index (χ4v) is 10.7. The minimum atomic E-state index is 0.501. The van der Waals surface area contributed by atoms with Crippen molar-refractivity contribution in [2.24, 2.45) is 0 Å². The van der Waals surface area contributed by atoms with Gasteiger partial charge >= 0.3 is 0 Å². The van der Waals surface area contributed by atoms with Crippen LogP contribution in [0.4, 0.5) is 5.69 Å². The first kappa shape index (κ1) is 38.1. The molecule has 13 aromatic rings. The van der Waals surface area contributed by atoms with E-state index in [2.05, 4.69) is 231 Å². The van der Waals surface area contributed by atoms with Crippen molar-refractivity contribution in [2.45, 2.75) is 0 Å². The summed E-state index contributed by atoms with van der Waals surface area (Å²) in [4.78, 5) is 3.68. The summed E-state index contributed by atoms with van der Waals surface area (Å²) in [6, 6.07) is 81.8. The third-order valence-electron chi connectivity index (χ3n) is 13.5. The van der Waals surface area contributed by atoms with Crippen LogP contribution in [0.1, 0.15) is 5.56 Å². The molecule has 0 fully saturated rings. The minimum absolute atomic E-state index is 0.501. The van der Waals surface area contributed by atoms with E-state index in [9.17, 15) is 5.26 Å². The molecule has 67 heavy (non-hydrogen) atoms. The van der Waals surface area contributed by atoms with Gasteiger partial charge in [0.25, 0.3) is 0 Å². The second-order valence-corrected chi connectivity index (χ2v) is 17.0. The lowest BCUT2D eigenvalue weighted by molar-refractivity contribution is 1.16. The van der Waals surface area contributed by atoms with Crippen molar-refractivity contribution in [2.75, 3.05) is 0 Å². The van der Waals surface area contributed by atoms with Crippen molar-refractivity contribution in [3.8, 4) is 56.5 Å². The highest BCUT2D eigenvalue weighted by Crippen LogP contribution is 2.46. The van der Waals surface area contributed by atoms with Crippen molar-refractivity contribution in [3.05, 3.63) is 241 Å². The van der Waals surface area contributed by atoms with Crippen molar-refractivity contribution in [1.82, 2.24) is 13.7 Å². The Morgan fingerprint density at radius 1 is 0.358 bits per heavy atom. The quantitative estimate of drug-likeness (QED) is 0.154. The van der Waals surface area contributed by atoms with Crippen molar-refractivity contribution in [3.63, 3.8) is 0 Å². The molecule has 0 N–H and O–H groups in total. The normalized spacial score (nSPS) is 11.6.